The third-order valence-corrected chi connectivity index (χ3v) is 4.29. The Kier molecular flexibility index (Phi) is 6.87. The zero-order chi connectivity index (χ0) is 20.8. The van der Waals surface area contributed by atoms with Crippen molar-refractivity contribution in [3.63, 3.8) is 0 Å². The molecule has 0 spiro atoms. The SMILES string of the molecule is Cc1ccccc1C(=O)NC(C(=O)Nc1ccc(CC(=O)O)c(F)c1)C(C)C. The molecule has 1 atom stereocenters. The average molecular weight is 386 g/mol. The Labute approximate surface area is 162 Å². The monoisotopic (exact) mass is 386 g/mol. The first kappa shape index (κ1) is 21.1. The fraction of sp³-hybridized carbons (Fsp3) is 0.286. The van der Waals surface area contributed by atoms with Gasteiger partial charge in [-0.2, -0.15) is 0 Å². The number of carbonyl (C=O) groups excluding carboxylic acids is 2. The van der Waals surface area contributed by atoms with Gasteiger partial charge in [-0.25, -0.2) is 4.39 Å². The molecule has 1 unspecified atom stereocenters. The average Bonchev–Trinajstić information content (AvgIpc) is 2.61. The third kappa shape index (κ3) is 5.39. The summed E-state index contributed by atoms with van der Waals surface area (Å²) in [5.41, 5.74) is 1.48. The number of anilines is 1. The topological polar surface area (TPSA) is 95.5 Å². The van der Waals surface area contributed by atoms with E-state index in [1.54, 1.807) is 39.0 Å². The van der Waals surface area contributed by atoms with Crippen LogP contribution in [0.25, 0.3) is 0 Å². The van der Waals surface area contributed by atoms with E-state index in [1.807, 2.05) is 6.07 Å². The van der Waals surface area contributed by atoms with Crippen molar-refractivity contribution in [1.29, 1.82) is 0 Å². The Morgan fingerprint density at radius 1 is 1.11 bits per heavy atom. The second kappa shape index (κ2) is 9.12. The number of halogens is 1. The second-order valence-corrected chi connectivity index (χ2v) is 6.88. The molecule has 0 fully saturated rings. The quantitative estimate of drug-likeness (QED) is 0.681. The molecule has 0 heterocycles. The molecule has 0 saturated heterocycles. The number of hydrogen-bond donors (Lipinski definition) is 3. The molecule has 0 radical (unpaired) electrons. The van der Waals surface area contributed by atoms with Crippen LogP contribution in [0.5, 0.6) is 0 Å². The molecule has 6 nitrogen and oxygen atoms in total. The fourth-order valence-corrected chi connectivity index (χ4v) is 2.73. The summed E-state index contributed by atoms with van der Waals surface area (Å²) in [5.74, 6) is -2.92. The number of aliphatic carboxylic acids is 1. The van der Waals surface area contributed by atoms with Crippen LogP contribution in [0.15, 0.2) is 42.5 Å². The summed E-state index contributed by atoms with van der Waals surface area (Å²) in [6.07, 6.45) is -0.443. The van der Waals surface area contributed by atoms with Gasteiger partial charge in [0.15, 0.2) is 0 Å². The number of nitrogens with one attached hydrogen (secondary N) is 2. The van der Waals surface area contributed by atoms with E-state index in [0.717, 1.165) is 11.6 Å². The Morgan fingerprint density at radius 2 is 1.79 bits per heavy atom. The van der Waals surface area contributed by atoms with Gasteiger partial charge in [0, 0.05) is 11.3 Å². The molecule has 2 rings (SSSR count). The number of hydrogen-bond acceptors (Lipinski definition) is 3. The zero-order valence-corrected chi connectivity index (χ0v) is 16.0. The van der Waals surface area contributed by atoms with Crippen LogP contribution in [-0.4, -0.2) is 28.9 Å². The maximum Gasteiger partial charge on any atom is 0.307 e. The Balaban J connectivity index is 2.13. The number of carboxylic acids is 1. The minimum atomic E-state index is -1.14. The van der Waals surface area contributed by atoms with E-state index in [9.17, 15) is 18.8 Å². The molecule has 28 heavy (non-hydrogen) atoms. The van der Waals surface area contributed by atoms with Crippen LogP contribution in [0.1, 0.15) is 35.3 Å². The van der Waals surface area contributed by atoms with Crippen LogP contribution in [0, 0.1) is 18.7 Å². The van der Waals surface area contributed by atoms with Gasteiger partial charge in [-0.05, 0) is 42.2 Å². The summed E-state index contributed by atoms with van der Waals surface area (Å²) in [6.45, 7) is 5.39. The first-order chi connectivity index (χ1) is 13.2. The van der Waals surface area contributed by atoms with E-state index in [2.05, 4.69) is 10.6 Å². The minimum absolute atomic E-state index is 0.0266. The molecule has 0 aliphatic carbocycles. The molecule has 0 aliphatic rings. The first-order valence-electron chi connectivity index (χ1n) is 8.86. The van der Waals surface area contributed by atoms with Crippen LogP contribution in [0.3, 0.4) is 0 Å². The smallest absolute Gasteiger partial charge is 0.307 e. The lowest BCUT2D eigenvalue weighted by atomic mass is 10.0. The molecule has 0 saturated carbocycles. The van der Waals surface area contributed by atoms with Crippen molar-refractivity contribution in [1.82, 2.24) is 5.32 Å². The van der Waals surface area contributed by atoms with Gasteiger partial charge in [-0.3, -0.25) is 14.4 Å². The van der Waals surface area contributed by atoms with E-state index in [0.29, 0.717) is 5.56 Å². The van der Waals surface area contributed by atoms with Crippen molar-refractivity contribution in [2.75, 3.05) is 5.32 Å². The van der Waals surface area contributed by atoms with Gasteiger partial charge in [-0.15, -0.1) is 0 Å². The molecule has 2 aromatic rings. The van der Waals surface area contributed by atoms with E-state index in [1.165, 1.54) is 12.1 Å². The van der Waals surface area contributed by atoms with Crippen molar-refractivity contribution in [2.45, 2.75) is 33.2 Å². The van der Waals surface area contributed by atoms with Gasteiger partial charge in [0.2, 0.25) is 5.91 Å². The standard InChI is InChI=1S/C21H23FN2O4/c1-12(2)19(24-20(27)16-7-5-4-6-13(16)3)21(28)23-15-9-8-14(10-18(25)26)17(22)11-15/h4-9,11-12,19H,10H2,1-3H3,(H,23,28)(H,24,27)(H,25,26). The molecule has 2 aromatic carbocycles. The van der Waals surface area contributed by atoms with Gasteiger partial charge < -0.3 is 15.7 Å². The number of amides is 2. The first-order valence-corrected chi connectivity index (χ1v) is 8.86. The lowest BCUT2D eigenvalue weighted by Gasteiger charge is -2.22. The van der Waals surface area contributed by atoms with Crippen molar-refractivity contribution < 1.29 is 23.9 Å². The number of carbonyl (C=O) groups is 3. The predicted molar refractivity (Wildman–Crippen MR) is 104 cm³/mol. The van der Waals surface area contributed by atoms with Crippen LogP contribution < -0.4 is 10.6 Å². The second-order valence-electron chi connectivity index (χ2n) is 6.88. The molecular formula is C21H23FN2O4. The number of rotatable bonds is 7. The van der Waals surface area contributed by atoms with Crippen molar-refractivity contribution >= 4 is 23.5 Å². The zero-order valence-electron chi connectivity index (χ0n) is 16.0. The van der Waals surface area contributed by atoms with Crippen LogP contribution in [0.4, 0.5) is 10.1 Å². The van der Waals surface area contributed by atoms with E-state index in [-0.39, 0.29) is 23.1 Å². The highest BCUT2D eigenvalue weighted by molar-refractivity contribution is 6.01. The summed E-state index contributed by atoms with van der Waals surface area (Å²) < 4.78 is 14.0. The van der Waals surface area contributed by atoms with Crippen LogP contribution >= 0.6 is 0 Å². The van der Waals surface area contributed by atoms with Crippen molar-refractivity contribution in [3.8, 4) is 0 Å². The highest BCUT2D eigenvalue weighted by Crippen LogP contribution is 2.17. The summed E-state index contributed by atoms with van der Waals surface area (Å²) in [7, 11) is 0. The van der Waals surface area contributed by atoms with Gasteiger partial charge in [0.1, 0.15) is 11.9 Å². The molecule has 2 amide bonds. The molecule has 7 heteroatoms. The van der Waals surface area contributed by atoms with Crippen LogP contribution in [-0.2, 0) is 16.0 Å². The summed E-state index contributed by atoms with van der Waals surface area (Å²) in [6, 6.07) is 10.0. The largest absolute Gasteiger partial charge is 0.481 e. The normalized spacial score (nSPS) is 11.8. The highest BCUT2D eigenvalue weighted by Gasteiger charge is 2.25. The molecular weight excluding hydrogens is 363 g/mol. The van der Waals surface area contributed by atoms with E-state index >= 15 is 0 Å². The maximum absolute atomic E-state index is 14.0. The summed E-state index contributed by atoms with van der Waals surface area (Å²) in [4.78, 5) is 35.9. The maximum atomic E-state index is 14.0. The molecule has 0 aliphatic heterocycles. The van der Waals surface area contributed by atoms with Crippen molar-refractivity contribution in [2.24, 2.45) is 5.92 Å². The highest BCUT2D eigenvalue weighted by atomic mass is 19.1. The summed E-state index contributed by atoms with van der Waals surface area (Å²) >= 11 is 0. The molecule has 3 N–H and O–H groups in total. The number of carboxylic acid groups (broad SMARTS) is 1. The molecule has 148 valence electrons. The van der Waals surface area contributed by atoms with Crippen molar-refractivity contribution in [3.05, 3.63) is 65.0 Å². The Hall–Kier alpha value is -3.22. The van der Waals surface area contributed by atoms with Gasteiger partial charge in [0.05, 0.1) is 6.42 Å². The molecule has 0 aromatic heterocycles. The third-order valence-electron chi connectivity index (χ3n) is 4.29. The lowest BCUT2D eigenvalue weighted by Crippen LogP contribution is -2.47. The van der Waals surface area contributed by atoms with Gasteiger partial charge in [0.25, 0.3) is 5.91 Å². The Bertz CT molecular complexity index is 896. The number of benzene rings is 2. The van der Waals surface area contributed by atoms with Crippen LogP contribution in [0.2, 0.25) is 0 Å². The van der Waals surface area contributed by atoms with E-state index in [4.69, 9.17) is 5.11 Å². The lowest BCUT2D eigenvalue weighted by molar-refractivity contribution is -0.136. The minimum Gasteiger partial charge on any atom is -0.481 e. The van der Waals surface area contributed by atoms with E-state index < -0.39 is 30.2 Å². The number of aryl methyl sites for hydroxylation is 1. The predicted octanol–water partition coefficient (Wildman–Crippen LogP) is 3.15. The Morgan fingerprint density at radius 3 is 2.36 bits per heavy atom. The fourth-order valence-electron chi connectivity index (χ4n) is 2.73. The molecule has 0 bridgehead atoms. The summed E-state index contributed by atoms with van der Waals surface area (Å²) in [5, 5.41) is 14.1. The van der Waals surface area contributed by atoms with Gasteiger partial charge in [-0.1, -0.05) is 38.1 Å². The van der Waals surface area contributed by atoms with Gasteiger partial charge >= 0.3 is 5.97 Å².